The van der Waals surface area contributed by atoms with Crippen LogP contribution in [0, 0.1) is 0 Å². The Bertz CT molecular complexity index is 75.5. The quantitative estimate of drug-likeness (QED) is 0.411. The van der Waals surface area contributed by atoms with Crippen LogP contribution in [0.25, 0.3) is 0 Å². The van der Waals surface area contributed by atoms with E-state index in [1.807, 2.05) is 0 Å². The first-order chi connectivity index (χ1) is 3.06. The first-order valence-electron chi connectivity index (χ1n) is 1.56. The van der Waals surface area contributed by atoms with Gasteiger partial charge in [-0.05, 0) is 0 Å². The van der Waals surface area contributed by atoms with Crippen LogP contribution >= 0.6 is 0 Å². The van der Waals surface area contributed by atoms with Gasteiger partial charge in [0.15, 0.2) is 0 Å². The third-order valence-electron chi connectivity index (χ3n) is 0.275. The topological polar surface area (TPSA) is 12.4 Å². The molecule has 0 radical (unpaired) electrons. The Morgan fingerprint density at radius 2 is 1.86 bits per heavy atom. The molecule has 0 aliphatic heterocycles. The fraction of sp³-hybridized carbons (Fsp3) is 1.00. The minimum atomic E-state index is -4.24. The van der Waals surface area contributed by atoms with Gasteiger partial charge in [-0.15, -0.1) is 0 Å². The number of nitrogens with zero attached hydrogens (tertiary/aromatic N) is 1. The molecule has 0 saturated carbocycles. The van der Waals surface area contributed by atoms with Crippen molar-refractivity contribution in [3.05, 3.63) is 0 Å². The minimum absolute atomic E-state index is 0.0625. The van der Waals surface area contributed by atoms with E-state index in [1.165, 1.54) is 0 Å². The van der Waals surface area contributed by atoms with Crippen molar-refractivity contribution in [3.63, 3.8) is 0 Å². The first kappa shape index (κ1) is 6.65. The van der Waals surface area contributed by atoms with Crippen LogP contribution in [0.4, 0.5) is 13.2 Å². The second-order valence-electron chi connectivity index (χ2n) is 0.929. The van der Waals surface area contributed by atoms with Gasteiger partial charge in [0.1, 0.15) is 0 Å². The molecule has 1 nitrogen and oxygen atoms in total. The van der Waals surface area contributed by atoms with E-state index in [9.17, 15) is 13.2 Å². The third-order valence-corrected chi connectivity index (χ3v) is 0.275. The Morgan fingerprint density at radius 3 is 1.86 bits per heavy atom. The van der Waals surface area contributed by atoms with Gasteiger partial charge in [0.05, 0.1) is 0 Å². The fourth-order valence-corrected chi connectivity index (χ4v) is 0.146. The number of alkyl halides is 3. The van der Waals surface area contributed by atoms with Crippen molar-refractivity contribution in [2.24, 2.45) is 4.90 Å². The van der Waals surface area contributed by atoms with Gasteiger partial charge in [-0.1, -0.05) is 0 Å². The second-order valence-corrected chi connectivity index (χ2v) is 0.929. The van der Waals surface area contributed by atoms with E-state index in [2.05, 4.69) is 4.90 Å². The third kappa shape index (κ3) is 5.65. The van der Waals surface area contributed by atoms with E-state index in [4.69, 9.17) is 0 Å². The molecule has 0 fully saturated rings. The SMILES string of the molecule is CN=BC(F)(F)F. The number of halogens is 3. The Kier molecular flexibility index (Phi) is 1.99. The van der Waals surface area contributed by atoms with Crippen LogP contribution in [0.3, 0.4) is 0 Å². The van der Waals surface area contributed by atoms with Crippen molar-refractivity contribution in [2.75, 3.05) is 7.05 Å². The molecule has 0 aromatic rings. The van der Waals surface area contributed by atoms with Gasteiger partial charge in [-0.3, -0.25) is 0 Å². The van der Waals surface area contributed by atoms with Gasteiger partial charge in [0.2, 0.25) is 0 Å². The summed E-state index contributed by atoms with van der Waals surface area (Å²) in [6.07, 6.45) is -4.24. The van der Waals surface area contributed by atoms with Crippen molar-refractivity contribution in [1.29, 1.82) is 0 Å². The van der Waals surface area contributed by atoms with Gasteiger partial charge in [-0.2, -0.15) is 0 Å². The van der Waals surface area contributed by atoms with E-state index in [0.29, 0.717) is 0 Å². The Balaban J connectivity index is 3.56. The van der Waals surface area contributed by atoms with Crippen molar-refractivity contribution < 1.29 is 13.2 Å². The molecule has 0 saturated heterocycles. The van der Waals surface area contributed by atoms with Crippen LogP contribution in [0.2, 0.25) is 0 Å². The van der Waals surface area contributed by atoms with E-state index >= 15 is 0 Å². The van der Waals surface area contributed by atoms with Crippen LogP contribution in [0.15, 0.2) is 4.90 Å². The molecule has 0 spiro atoms. The van der Waals surface area contributed by atoms with Crippen molar-refractivity contribution in [3.8, 4) is 0 Å². The summed E-state index contributed by atoms with van der Waals surface area (Å²) in [4.78, 5) is 2.76. The van der Waals surface area contributed by atoms with Gasteiger partial charge in [-0.25, -0.2) is 0 Å². The van der Waals surface area contributed by atoms with Crippen molar-refractivity contribution in [2.45, 2.75) is 6.08 Å². The monoisotopic (exact) mass is 109 g/mol. The molecule has 5 heteroatoms. The van der Waals surface area contributed by atoms with E-state index in [0.717, 1.165) is 7.05 Å². The molecule has 0 aliphatic carbocycles. The predicted molar refractivity (Wildman–Crippen MR) is 20.2 cm³/mol. The van der Waals surface area contributed by atoms with Crippen LogP contribution in [-0.2, 0) is 0 Å². The van der Waals surface area contributed by atoms with Crippen LogP contribution in [-0.4, -0.2) is 20.2 Å². The zero-order valence-electron chi connectivity index (χ0n) is 3.66. The average Bonchev–Trinajstić information content (AvgIpc) is 1.30. The van der Waals surface area contributed by atoms with Crippen LogP contribution in [0.5, 0.6) is 0 Å². The maximum atomic E-state index is 10.9. The van der Waals surface area contributed by atoms with Gasteiger partial charge < -0.3 is 0 Å². The summed E-state index contributed by atoms with van der Waals surface area (Å²) in [6, 6.07) is 0. The number of rotatable bonds is 0. The first-order valence-corrected chi connectivity index (χ1v) is 1.56. The Hall–Kier alpha value is -0.345. The summed E-state index contributed by atoms with van der Waals surface area (Å²) in [5.74, 6) is 0. The summed E-state index contributed by atoms with van der Waals surface area (Å²) in [7, 11) is 1.01. The molecule has 0 aromatic carbocycles. The summed E-state index contributed by atoms with van der Waals surface area (Å²) in [5, 5.41) is 0. The summed E-state index contributed by atoms with van der Waals surface area (Å²) >= 11 is 0. The van der Waals surface area contributed by atoms with Crippen LogP contribution < -0.4 is 0 Å². The maximum absolute atomic E-state index is 10.9. The molecule has 0 aliphatic rings. The zero-order valence-corrected chi connectivity index (χ0v) is 3.66. The van der Waals surface area contributed by atoms with Gasteiger partial charge in [0, 0.05) is 0 Å². The molecule has 0 unspecified atom stereocenters. The summed E-state index contributed by atoms with van der Waals surface area (Å²) in [5.41, 5.74) is 0. The Morgan fingerprint density at radius 1 is 1.43 bits per heavy atom. The molecule has 0 atom stereocenters. The van der Waals surface area contributed by atoms with Crippen LogP contribution in [0.1, 0.15) is 0 Å². The molecule has 0 heterocycles. The molecular weight excluding hydrogens is 106 g/mol. The molecule has 0 aromatic heterocycles. The normalized spacial score (nSPS) is 12.0. The van der Waals surface area contributed by atoms with E-state index < -0.39 is 6.08 Å². The molecule has 0 bridgehead atoms. The molecular formula is C2H3BF3N. The van der Waals surface area contributed by atoms with Gasteiger partial charge >= 0.3 is 38.3 Å². The van der Waals surface area contributed by atoms with E-state index in [1.54, 1.807) is 0 Å². The zero-order chi connectivity index (χ0) is 5.91. The molecule has 0 rings (SSSR count). The average molecular weight is 109 g/mol. The van der Waals surface area contributed by atoms with E-state index in [-0.39, 0.29) is 7.07 Å². The standard InChI is InChI=1S/C2H3BF3N/c1-7-3-2(4,5)6/h1H3. The Labute approximate surface area is 39.5 Å². The molecule has 0 amide bonds. The van der Waals surface area contributed by atoms with Crippen molar-refractivity contribution in [1.82, 2.24) is 0 Å². The number of hydrogen-bond donors (Lipinski definition) is 0. The molecule has 7 heavy (non-hydrogen) atoms. The predicted octanol–water partition coefficient (Wildman–Crippen LogP) is 1.02. The fourth-order valence-electron chi connectivity index (χ4n) is 0.146. The molecule has 0 N–H and O–H groups in total. The van der Waals surface area contributed by atoms with Crippen molar-refractivity contribution >= 4 is 7.07 Å². The summed E-state index contributed by atoms with van der Waals surface area (Å²) < 4.78 is 32.7. The van der Waals surface area contributed by atoms with Gasteiger partial charge in [0.25, 0.3) is 0 Å². The second kappa shape index (κ2) is 2.09. The number of hydrogen-bond acceptors (Lipinski definition) is 1. The summed E-state index contributed by atoms with van der Waals surface area (Å²) in [6.45, 7) is 0. The molecule has 40 valence electrons.